The Morgan fingerprint density at radius 1 is 1.21 bits per heavy atom. The number of aliphatic hydroxyl groups is 3. The Labute approximate surface area is 163 Å². The van der Waals surface area contributed by atoms with Crippen molar-refractivity contribution in [3.63, 3.8) is 0 Å². The molecule has 3 amide bonds. The summed E-state index contributed by atoms with van der Waals surface area (Å²) in [4.78, 5) is 27.7. The number of urea groups is 1. The van der Waals surface area contributed by atoms with E-state index in [2.05, 4.69) is 31.0 Å². The number of primary amides is 1. The minimum atomic E-state index is -1.14. The Kier molecular flexibility index (Phi) is 7.54. The van der Waals surface area contributed by atoms with E-state index >= 15 is 0 Å². The maximum Gasteiger partial charge on any atom is 0.316 e. The molecule has 2 rings (SSSR count). The Bertz CT molecular complexity index is 823. The van der Waals surface area contributed by atoms with Crippen molar-refractivity contribution < 1.29 is 33.8 Å². The summed E-state index contributed by atoms with van der Waals surface area (Å²) in [5.74, 6) is -1.19. The van der Waals surface area contributed by atoms with E-state index in [4.69, 9.17) is 30.6 Å². The van der Waals surface area contributed by atoms with E-state index in [0.29, 0.717) is 0 Å². The highest BCUT2D eigenvalue weighted by Crippen LogP contribution is 2.19. The van der Waals surface area contributed by atoms with Crippen molar-refractivity contribution in [2.45, 2.75) is 44.2 Å². The van der Waals surface area contributed by atoms with E-state index < -0.39 is 49.4 Å². The molecule has 2 aromatic rings. The predicted molar refractivity (Wildman–Crippen MR) is 91.2 cm³/mol. The van der Waals surface area contributed by atoms with E-state index in [9.17, 15) is 14.7 Å². The molecule has 29 heavy (non-hydrogen) atoms. The van der Waals surface area contributed by atoms with Gasteiger partial charge in [0, 0.05) is 0 Å². The first-order valence-electron chi connectivity index (χ1n) is 8.41. The number of aliphatic hydroxyl groups excluding tert-OH is 3. The van der Waals surface area contributed by atoms with Crippen molar-refractivity contribution in [1.82, 2.24) is 31.0 Å². The molecule has 1 unspecified atom stereocenters. The fourth-order valence-corrected chi connectivity index (χ4v) is 2.21. The molecule has 2 aromatic heterocycles. The van der Waals surface area contributed by atoms with Crippen LogP contribution >= 0.6 is 0 Å². The van der Waals surface area contributed by atoms with Crippen molar-refractivity contribution >= 4 is 11.9 Å². The molecule has 0 aliphatic rings. The molecular formula is C14H22N8O7. The van der Waals surface area contributed by atoms with Crippen LogP contribution in [0.1, 0.15) is 55.0 Å². The van der Waals surface area contributed by atoms with Gasteiger partial charge in [0.15, 0.2) is 5.82 Å². The summed E-state index contributed by atoms with van der Waals surface area (Å²) in [6, 6.07) is -3.98. The number of nitrogens with one attached hydrogen (secondary N) is 2. The van der Waals surface area contributed by atoms with Gasteiger partial charge in [-0.1, -0.05) is 5.16 Å². The summed E-state index contributed by atoms with van der Waals surface area (Å²) in [7, 11) is 0. The molecular weight excluding hydrogens is 392 g/mol. The number of rotatable bonds is 10. The van der Waals surface area contributed by atoms with Gasteiger partial charge in [-0.2, -0.15) is 4.98 Å². The lowest BCUT2D eigenvalue weighted by molar-refractivity contribution is -0.118. The molecule has 2 heterocycles. The third kappa shape index (κ3) is 5.92. The van der Waals surface area contributed by atoms with Gasteiger partial charge < -0.3 is 46.4 Å². The molecule has 0 fully saturated rings. The van der Waals surface area contributed by atoms with Crippen LogP contribution in [0.25, 0.3) is 0 Å². The lowest BCUT2D eigenvalue weighted by Crippen LogP contribution is -2.44. The number of aromatic nitrogens is 4. The smallest absolute Gasteiger partial charge is 0.316 e. The van der Waals surface area contributed by atoms with Gasteiger partial charge in [-0.15, -0.1) is 10.2 Å². The maximum absolute atomic E-state index is 12.4. The van der Waals surface area contributed by atoms with Crippen LogP contribution in [0.15, 0.2) is 8.94 Å². The molecule has 4 atom stereocenters. The number of carbonyl (C=O) groups excluding carboxylic acids is 2. The Hall–Kier alpha value is -3.14. The quantitative estimate of drug-likeness (QED) is 0.209. The van der Waals surface area contributed by atoms with Crippen molar-refractivity contribution in [2.24, 2.45) is 11.5 Å². The molecule has 0 aliphatic heterocycles. The van der Waals surface area contributed by atoms with E-state index in [1.165, 1.54) is 6.92 Å². The van der Waals surface area contributed by atoms with Crippen LogP contribution in [0.4, 0.5) is 4.79 Å². The molecule has 15 heteroatoms. The lowest BCUT2D eigenvalue weighted by Gasteiger charge is -2.20. The Balaban J connectivity index is 2.13. The summed E-state index contributed by atoms with van der Waals surface area (Å²) in [6.45, 7) is 0.417. The molecule has 0 aromatic carbocycles. The number of amides is 3. The van der Waals surface area contributed by atoms with Gasteiger partial charge in [0.1, 0.15) is 18.7 Å². The SMILES string of the molecule is CC(O)[C@@H](NC(=O)N[C@@H](CC(N)=O)c1nc([C@@H](N)CO)no1)c1nnc(CO)o1. The standard InChI is InChI=1S/C14H22N8O7/c1-5(25)10(13-21-20-9(4-24)28-13)18-14(27)17-7(2-8(16)26)12-19-11(22-29-12)6(15)3-23/h5-7,10,23-25H,2-4,15H2,1H3,(H2,16,26)(H2,17,18,27)/t5?,6-,7-,10+/m0/s1. The van der Waals surface area contributed by atoms with Gasteiger partial charge in [-0.05, 0) is 6.92 Å². The monoisotopic (exact) mass is 414 g/mol. The second-order valence-electron chi connectivity index (χ2n) is 6.03. The summed E-state index contributed by atoms with van der Waals surface area (Å²) in [6.07, 6.45) is -1.52. The highest BCUT2D eigenvalue weighted by molar-refractivity contribution is 5.78. The molecule has 160 valence electrons. The largest absolute Gasteiger partial charge is 0.420 e. The molecule has 0 saturated carbocycles. The van der Waals surface area contributed by atoms with Crippen LogP contribution in [-0.4, -0.2) is 60.3 Å². The zero-order valence-electron chi connectivity index (χ0n) is 15.3. The van der Waals surface area contributed by atoms with Crippen LogP contribution in [0, 0.1) is 0 Å². The fraction of sp³-hybridized carbons (Fsp3) is 0.571. The number of nitrogens with zero attached hydrogens (tertiary/aromatic N) is 4. The molecule has 15 nitrogen and oxygen atoms in total. The molecule has 9 N–H and O–H groups in total. The van der Waals surface area contributed by atoms with Crippen LogP contribution in [0.2, 0.25) is 0 Å². The Morgan fingerprint density at radius 3 is 2.48 bits per heavy atom. The van der Waals surface area contributed by atoms with Crippen molar-refractivity contribution in [3.8, 4) is 0 Å². The second-order valence-corrected chi connectivity index (χ2v) is 6.03. The van der Waals surface area contributed by atoms with E-state index in [1.54, 1.807) is 0 Å². The number of hydrogen-bond donors (Lipinski definition) is 7. The van der Waals surface area contributed by atoms with Gasteiger partial charge >= 0.3 is 6.03 Å². The van der Waals surface area contributed by atoms with E-state index in [1.807, 2.05) is 0 Å². The molecule has 0 aliphatic carbocycles. The summed E-state index contributed by atoms with van der Waals surface area (Å²) in [5.41, 5.74) is 10.8. The van der Waals surface area contributed by atoms with Crippen LogP contribution in [0.5, 0.6) is 0 Å². The number of carbonyl (C=O) groups is 2. The fourth-order valence-electron chi connectivity index (χ4n) is 2.21. The number of hydrogen-bond acceptors (Lipinski definition) is 12. The van der Waals surface area contributed by atoms with Crippen molar-refractivity contribution in [3.05, 3.63) is 23.5 Å². The predicted octanol–water partition coefficient (Wildman–Crippen LogP) is -2.73. The van der Waals surface area contributed by atoms with Gasteiger partial charge in [-0.3, -0.25) is 4.79 Å². The molecule has 0 saturated heterocycles. The maximum atomic E-state index is 12.4. The second kappa shape index (κ2) is 9.87. The van der Waals surface area contributed by atoms with Gasteiger partial charge in [0.25, 0.3) is 0 Å². The first-order chi connectivity index (χ1) is 13.7. The van der Waals surface area contributed by atoms with Crippen LogP contribution in [-0.2, 0) is 11.4 Å². The zero-order valence-corrected chi connectivity index (χ0v) is 15.3. The third-order valence-corrected chi connectivity index (χ3v) is 3.65. The molecule has 0 spiro atoms. The summed E-state index contributed by atoms with van der Waals surface area (Å²) >= 11 is 0. The first kappa shape index (κ1) is 22.2. The van der Waals surface area contributed by atoms with Gasteiger partial charge in [-0.25, -0.2) is 4.79 Å². The van der Waals surface area contributed by atoms with Gasteiger partial charge in [0.05, 0.1) is 25.2 Å². The first-order valence-corrected chi connectivity index (χ1v) is 8.41. The summed E-state index contributed by atoms with van der Waals surface area (Å²) in [5, 5.41) is 43.5. The molecule has 0 bridgehead atoms. The molecule has 0 radical (unpaired) electrons. The third-order valence-electron chi connectivity index (χ3n) is 3.65. The summed E-state index contributed by atoms with van der Waals surface area (Å²) < 4.78 is 10.1. The average molecular weight is 414 g/mol. The number of nitrogens with two attached hydrogens (primary N) is 2. The van der Waals surface area contributed by atoms with Crippen LogP contribution < -0.4 is 22.1 Å². The topological polar surface area (TPSA) is 249 Å². The van der Waals surface area contributed by atoms with Crippen LogP contribution in [0.3, 0.4) is 0 Å². The highest BCUT2D eigenvalue weighted by atomic mass is 16.5. The zero-order chi connectivity index (χ0) is 21.6. The normalized spacial score (nSPS) is 15.3. The van der Waals surface area contributed by atoms with Crippen molar-refractivity contribution in [2.75, 3.05) is 6.61 Å². The lowest BCUT2D eigenvalue weighted by atomic mass is 10.1. The van der Waals surface area contributed by atoms with Gasteiger partial charge in [0.2, 0.25) is 23.6 Å². The van der Waals surface area contributed by atoms with Crippen molar-refractivity contribution in [1.29, 1.82) is 0 Å². The van der Waals surface area contributed by atoms with E-state index in [-0.39, 0.29) is 29.9 Å². The van der Waals surface area contributed by atoms with E-state index in [0.717, 1.165) is 0 Å². The average Bonchev–Trinajstić information content (AvgIpc) is 3.33. The minimum absolute atomic E-state index is 0.0246. The highest BCUT2D eigenvalue weighted by Gasteiger charge is 2.29. The Morgan fingerprint density at radius 2 is 1.93 bits per heavy atom. The minimum Gasteiger partial charge on any atom is -0.420 e.